The van der Waals surface area contributed by atoms with Crippen LogP contribution in [0, 0.1) is 5.82 Å². The highest BCUT2D eigenvalue weighted by atomic mass is 19.1. The summed E-state index contributed by atoms with van der Waals surface area (Å²) in [4.78, 5) is 0. The minimum atomic E-state index is -0.658. The summed E-state index contributed by atoms with van der Waals surface area (Å²) in [5, 5.41) is 8.87. The van der Waals surface area contributed by atoms with Crippen molar-refractivity contribution >= 4 is 0 Å². The molecular weight excluding hydrogens is 219 g/mol. The van der Waals surface area contributed by atoms with Gasteiger partial charge in [-0.15, -0.1) is 0 Å². The number of halogens is 1. The van der Waals surface area contributed by atoms with E-state index in [1.54, 1.807) is 6.92 Å². The summed E-state index contributed by atoms with van der Waals surface area (Å²) in [6, 6.07) is 6.69. The van der Waals surface area contributed by atoms with Crippen molar-refractivity contribution in [2.24, 2.45) is 0 Å². The Hall–Kier alpha value is -0.930. The average molecular weight is 240 g/mol. The zero-order valence-electron chi connectivity index (χ0n) is 10.4. The van der Waals surface area contributed by atoms with Gasteiger partial charge in [-0.05, 0) is 43.9 Å². The lowest BCUT2D eigenvalue weighted by atomic mass is 10.1. The lowest BCUT2D eigenvalue weighted by Gasteiger charge is -2.06. The van der Waals surface area contributed by atoms with Gasteiger partial charge >= 0.3 is 0 Å². The van der Waals surface area contributed by atoms with Crippen LogP contribution in [-0.4, -0.2) is 18.0 Å². The quantitative estimate of drug-likeness (QED) is 0.558. The van der Waals surface area contributed by atoms with Gasteiger partial charge in [0.1, 0.15) is 5.82 Å². The van der Waals surface area contributed by atoms with Gasteiger partial charge in [-0.3, -0.25) is 0 Å². The molecule has 0 heterocycles. The minimum absolute atomic E-state index is 0.177. The van der Waals surface area contributed by atoms with Crippen LogP contribution in [-0.2, 0) is 11.2 Å². The van der Waals surface area contributed by atoms with E-state index < -0.39 is 6.29 Å². The topological polar surface area (TPSA) is 29.5 Å². The van der Waals surface area contributed by atoms with Crippen molar-refractivity contribution < 1.29 is 14.2 Å². The van der Waals surface area contributed by atoms with Crippen LogP contribution in [0.2, 0.25) is 0 Å². The predicted octanol–water partition coefficient (Wildman–Crippen LogP) is 3.28. The molecule has 0 aliphatic rings. The van der Waals surface area contributed by atoms with Crippen LogP contribution in [0.5, 0.6) is 0 Å². The molecule has 1 aromatic rings. The summed E-state index contributed by atoms with van der Waals surface area (Å²) in [6.45, 7) is 2.24. The molecule has 3 heteroatoms. The Morgan fingerprint density at radius 1 is 1.12 bits per heavy atom. The van der Waals surface area contributed by atoms with E-state index in [4.69, 9.17) is 9.84 Å². The van der Waals surface area contributed by atoms with E-state index in [2.05, 4.69) is 0 Å². The SMILES string of the molecule is CC(O)OCCCCCCc1ccc(F)cc1. The number of ether oxygens (including phenoxy) is 1. The van der Waals surface area contributed by atoms with E-state index >= 15 is 0 Å². The van der Waals surface area contributed by atoms with Gasteiger partial charge in [-0.1, -0.05) is 25.0 Å². The zero-order valence-corrected chi connectivity index (χ0v) is 10.4. The highest BCUT2D eigenvalue weighted by Crippen LogP contribution is 2.09. The second kappa shape index (κ2) is 8.20. The standard InChI is InChI=1S/C14H21FO2/c1-12(16)17-11-5-3-2-4-6-13-7-9-14(15)10-8-13/h7-10,12,16H,2-6,11H2,1H3. The van der Waals surface area contributed by atoms with Crippen molar-refractivity contribution in [3.05, 3.63) is 35.6 Å². The highest BCUT2D eigenvalue weighted by Gasteiger charge is 1.96. The van der Waals surface area contributed by atoms with Gasteiger partial charge < -0.3 is 9.84 Å². The molecule has 1 N–H and O–H groups in total. The molecule has 2 nitrogen and oxygen atoms in total. The monoisotopic (exact) mass is 240 g/mol. The molecule has 0 bridgehead atoms. The van der Waals surface area contributed by atoms with Crippen LogP contribution >= 0.6 is 0 Å². The van der Waals surface area contributed by atoms with Crippen molar-refractivity contribution in [2.75, 3.05) is 6.61 Å². The Morgan fingerprint density at radius 3 is 2.41 bits per heavy atom. The fourth-order valence-electron chi connectivity index (χ4n) is 1.69. The van der Waals surface area contributed by atoms with Crippen LogP contribution in [0.25, 0.3) is 0 Å². The molecule has 0 radical (unpaired) electrons. The van der Waals surface area contributed by atoms with Crippen LogP contribution in [0.1, 0.15) is 38.2 Å². The molecule has 0 saturated carbocycles. The van der Waals surface area contributed by atoms with Gasteiger partial charge in [0, 0.05) is 6.61 Å². The second-order valence-corrected chi connectivity index (χ2v) is 4.26. The lowest BCUT2D eigenvalue weighted by Crippen LogP contribution is -2.07. The number of hydrogen-bond acceptors (Lipinski definition) is 2. The van der Waals surface area contributed by atoms with Crippen molar-refractivity contribution in [3.63, 3.8) is 0 Å². The number of benzene rings is 1. The largest absolute Gasteiger partial charge is 0.368 e. The van der Waals surface area contributed by atoms with Crippen LogP contribution in [0.15, 0.2) is 24.3 Å². The smallest absolute Gasteiger partial charge is 0.151 e. The fourth-order valence-corrected chi connectivity index (χ4v) is 1.69. The first-order valence-electron chi connectivity index (χ1n) is 6.22. The van der Waals surface area contributed by atoms with E-state index in [-0.39, 0.29) is 5.82 Å². The van der Waals surface area contributed by atoms with E-state index in [0.717, 1.165) is 32.1 Å². The molecule has 1 unspecified atom stereocenters. The maximum Gasteiger partial charge on any atom is 0.151 e. The summed E-state index contributed by atoms with van der Waals surface area (Å²) in [5.41, 5.74) is 1.19. The first-order chi connectivity index (χ1) is 8.18. The third-order valence-corrected chi connectivity index (χ3v) is 2.63. The van der Waals surface area contributed by atoms with Gasteiger partial charge in [0.2, 0.25) is 0 Å². The highest BCUT2D eigenvalue weighted by molar-refractivity contribution is 5.15. The normalized spacial score (nSPS) is 12.6. The first kappa shape index (κ1) is 14.1. The van der Waals surface area contributed by atoms with Crippen molar-refractivity contribution in [1.29, 1.82) is 0 Å². The number of aryl methyl sites for hydroxylation is 1. The molecule has 1 atom stereocenters. The molecule has 1 rings (SSSR count). The molecule has 1 aromatic carbocycles. The molecule has 0 fully saturated rings. The van der Waals surface area contributed by atoms with Gasteiger partial charge in [0.15, 0.2) is 6.29 Å². The molecule has 0 spiro atoms. The average Bonchev–Trinajstić information content (AvgIpc) is 2.30. The Kier molecular flexibility index (Phi) is 6.82. The summed E-state index contributed by atoms with van der Waals surface area (Å²) in [7, 11) is 0. The van der Waals surface area contributed by atoms with Crippen LogP contribution in [0.3, 0.4) is 0 Å². The number of unbranched alkanes of at least 4 members (excludes halogenated alkanes) is 3. The van der Waals surface area contributed by atoms with Gasteiger partial charge in [-0.25, -0.2) is 4.39 Å². The Labute approximate surface area is 102 Å². The Morgan fingerprint density at radius 2 is 1.76 bits per heavy atom. The van der Waals surface area contributed by atoms with E-state index in [1.165, 1.54) is 17.7 Å². The van der Waals surface area contributed by atoms with Crippen LogP contribution in [0.4, 0.5) is 4.39 Å². The van der Waals surface area contributed by atoms with Gasteiger partial charge in [0.25, 0.3) is 0 Å². The molecule has 0 aliphatic heterocycles. The summed E-state index contributed by atoms with van der Waals surface area (Å²) < 4.78 is 17.7. The van der Waals surface area contributed by atoms with Crippen molar-refractivity contribution in [2.45, 2.75) is 45.3 Å². The molecule has 0 saturated heterocycles. The fraction of sp³-hybridized carbons (Fsp3) is 0.571. The Balaban J connectivity index is 1.99. The lowest BCUT2D eigenvalue weighted by molar-refractivity contribution is -0.0859. The number of aliphatic hydroxyl groups excluding tert-OH is 1. The number of aliphatic hydroxyl groups is 1. The molecular formula is C14H21FO2. The second-order valence-electron chi connectivity index (χ2n) is 4.26. The third kappa shape index (κ3) is 7.08. The third-order valence-electron chi connectivity index (χ3n) is 2.63. The molecule has 17 heavy (non-hydrogen) atoms. The number of rotatable bonds is 8. The van der Waals surface area contributed by atoms with E-state index in [9.17, 15) is 4.39 Å². The number of hydrogen-bond donors (Lipinski definition) is 1. The predicted molar refractivity (Wildman–Crippen MR) is 66.2 cm³/mol. The van der Waals surface area contributed by atoms with Gasteiger partial charge in [-0.2, -0.15) is 0 Å². The first-order valence-corrected chi connectivity index (χ1v) is 6.22. The van der Waals surface area contributed by atoms with Crippen molar-refractivity contribution in [1.82, 2.24) is 0 Å². The molecule has 0 amide bonds. The maximum atomic E-state index is 12.6. The van der Waals surface area contributed by atoms with Gasteiger partial charge in [0.05, 0.1) is 0 Å². The summed E-state index contributed by atoms with van der Waals surface area (Å²) in [6.07, 6.45) is 4.68. The molecule has 0 aliphatic carbocycles. The molecule has 96 valence electrons. The summed E-state index contributed by atoms with van der Waals surface area (Å²) >= 11 is 0. The minimum Gasteiger partial charge on any atom is -0.368 e. The Bertz CT molecular complexity index is 296. The maximum absolute atomic E-state index is 12.6. The summed E-state index contributed by atoms with van der Waals surface area (Å²) in [5.74, 6) is -0.177. The van der Waals surface area contributed by atoms with E-state index in [1.807, 2.05) is 12.1 Å². The van der Waals surface area contributed by atoms with Crippen LogP contribution < -0.4 is 0 Å². The van der Waals surface area contributed by atoms with Crippen molar-refractivity contribution in [3.8, 4) is 0 Å². The molecule has 0 aromatic heterocycles. The van der Waals surface area contributed by atoms with E-state index in [0.29, 0.717) is 6.61 Å². The zero-order chi connectivity index (χ0) is 12.5.